The summed E-state index contributed by atoms with van der Waals surface area (Å²) in [6, 6.07) is 2.23. The number of benzene rings is 1. The summed E-state index contributed by atoms with van der Waals surface area (Å²) in [6.45, 7) is 0. The molecule has 0 bridgehead atoms. The Labute approximate surface area is 133 Å². The van der Waals surface area contributed by atoms with Gasteiger partial charge >= 0.3 is 24.1 Å². The van der Waals surface area contributed by atoms with Crippen LogP contribution in [0, 0.1) is 0 Å². The van der Waals surface area contributed by atoms with Crippen molar-refractivity contribution in [2.24, 2.45) is 0 Å². The smallest absolute Gasteiger partial charge is 0.417 e. The van der Waals surface area contributed by atoms with Crippen molar-refractivity contribution in [1.29, 1.82) is 0 Å². The second kappa shape index (κ2) is 7.49. The number of carboxylic acid groups (broad SMARTS) is 1. The molecular weight excluding hydrogens is 335 g/mol. The number of hydrogen-bond acceptors (Lipinski definition) is 6. The fraction of sp³-hybridized carbons (Fsp3) is 0.214. The Morgan fingerprint density at radius 3 is 2.25 bits per heavy atom. The van der Waals surface area contributed by atoms with Crippen LogP contribution in [-0.2, 0) is 25.2 Å². The Hall–Kier alpha value is -3.04. The van der Waals surface area contributed by atoms with E-state index in [0.717, 1.165) is 26.4 Å². The maximum absolute atomic E-state index is 12.9. The lowest BCUT2D eigenvalue weighted by Crippen LogP contribution is -2.17. The molecule has 24 heavy (non-hydrogen) atoms. The maximum atomic E-state index is 12.9. The maximum Gasteiger partial charge on any atom is 0.417 e. The van der Waals surface area contributed by atoms with E-state index < -0.39 is 40.9 Å². The van der Waals surface area contributed by atoms with Crippen LogP contribution >= 0.6 is 0 Å². The number of methoxy groups -OCH3 is 2. The molecule has 10 heteroatoms. The Balaban J connectivity index is 3.31. The minimum atomic E-state index is -4.93. The first-order valence-electron chi connectivity index (χ1n) is 6.19. The van der Waals surface area contributed by atoms with Crippen LogP contribution in [0.1, 0.15) is 15.9 Å². The van der Waals surface area contributed by atoms with Crippen LogP contribution < -0.4 is 5.32 Å². The molecule has 0 aliphatic carbocycles. The first kappa shape index (κ1) is 19.0. The van der Waals surface area contributed by atoms with E-state index in [1.54, 1.807) is 0 Å². The summed E-state index contributed by atoms with van der Waals surface area (Å²) in [5, 5.41) is 11.1. The van der Waals surface area contributed by atoms with Crippen molar-refractivity contribution in [3.8, 4) is 0 Å². The van der Waals surface area contributed by atoms with Crippen molar-refractivity contribution in [3.05, 3.63) is 41.1 Å². The van der Waals surface area contributed by atoms with Gasteiger partial charge in [0.2, 0.25) is 0 Å². The Morgan fingerprint density at radius 1 is 1.17 bits per heavy atom. The largest absolute Gasteiger partial charge is 0.478 e. The van der Waals surface area contributed by atoms with Gasteiger partial charge < -0.3 is 19.9 Å². The van der Waals surface area contributed by atoms with Crippen LogP contribution in [-0.4, -0.2) is 37.2 Å². The number of ether oxygens (including phenoxy) is 2. The van der Waals surface area contributed by atoms with Crippen molar-refractivity contribution in [3.63, 3.8) is 0 Å². The topological polar surface area (TPSA) is 102 Å². The molecular formula is C14H12F3NO6. The molecule has 0 radical (unpaired) electrons. The number of carboxylic acids is 1. The lowest BCUT2D eigenvalue weighted by atomic mass is 10.1. The average molecular weight is 347 g/mol. The number of alkyl halides is 3. The second-order valence-electron chi connectivity index (χ2n) is 4.26. The number of carbonyl (C=O) groups excluding carboxylic acids is 2. The van der Waals surface area contributed by atoms with Crippen LogP contribution in [0.25, 0.3) is 0 Å². The molecule has 130 valence electrons. The first-order chi connectivity index (χ1) is 11.1. The molecule has 1 rings (SSSR count). The molecule has 0 fully saturated rings. The third kappa shape index (κ3) is 4.73. The Bertz CT molecular complexity index is 696. The molecule has 0 heterocycles. The van der Waals surface area contributed by atoms with Gasteiger partial charge in [-0.25, -0.2) is 14.4 Å². The fourth-order valence-electron chi connectivity index (χ4n) is 1.63. The summed E-state index contributed by atoms with van der Waals surface area (Å²) < 4.78 is 47.5. The van der Waals surface area contributed by atoms with E-state index in [9.17, 15) is 27.6 Å². The molecule has 0 aromatic heterocycles. The number of nitrogens with one attached hydrogen (secondary N) is 1. The van der Waals surface area contributed by atoms with E-state index in [2.05, 4.69) is 14.8 Å². The van der Waals surface area contributed by atoms with Gasteiger partial charge in [-0.3, -0.25) is 0 Å². The van der Waals surface area contributed by atoms with Gasteiger partial charge in [-0.05, 0) is 18.2 Å². The van der Waals surface area contributed by atoms with Gasteiger partial charge in [0.05, 0.1) is 31.4 Å². The summed E-state index contributed by atoms with van der Waals surface area (Å²) in [6.07, 6.45) is -4.24. The predicted octanol–water partition coefficient (Wildman–Crippen LogP) is 2.05. The Morgan fingerprint density at radius 2 is 1.79 bits per heavy atom. The van der Waals surface area contributed by atoms with Crippen molar-refractivity contribution < 1.29 is 42.1 Å². The van der Waals surface area contributed by atoms with Crippen LogP contribution in [0.2, 0.25) is 0 Å². The minimum Gasteiger partial charge on any atom is -0.478 e. The normalized spacial score (nSPS) is 11.6. The monoisotopic (exact) mass is 347 g/mol. The van der Waals surface area contributed by atoms with Gasteiger partial charge in [0.25, 0.3) is 0 Å². The van der Waals surface area contributed by atoms with Crippen LogP contribution in [0.3, 0.4) is 0 Å². The predicted molar refractivity (Wildman–Crippen MR) is 74.1 cm³/mol. The number of aromatic carboxylic acids is 1. The molecule has 0 unspecified atom stereocenters. The average Bonchev–Trinajstić information content (AvgIpc) is 2.52. The van der Waals surface area contributed by atoms with E-state index in [1.165, 1.54) is 0 Å². The van der Waals surface area contributed by atoms with Gasteiger partial charge in [-0.1, -0.05) is 0 Å². The van der Waals surface area contributed by atoms with E-state index in [-0.39, 0.29) is 5.69 Å². The zero-order valence-corrected chi connectivity index (χ0v) is 12.4. The molecule has 0 atom stereocenters. The summed E-state index contributed by atoms with van der Waals surface area (Å²) in [4.78, 5) is 33.6. The molecule has 0 saturated heterocycles. The number of anilines is 1. The van der Waals surface area contributed by atoms with E-state index >= 15 is 0 Å². The number of halogens is 3. The molecule has 2 N–H and O–H groups in total. The van der Waals surface area contributed by atoms with Gasteiger partial charge in [0, 0.05) is 5.69 Å². The van der Waals surface area contributed by atoms with Gasteiger partial charge in [-0.2, -0.15) is 13.2 Å². The van der Waals surface area contributed by atoms with E-state index in [1.807, 2.05) is 0 Å². The zero-order valence-electron chi connectivity index (χ0n) is 12.4. The van der Waals surface area contributed by atoms with Crippen molar-refractivity contribution in [2.45, 2.75) is 6.18 Å². The molecule has 0 spiro atoms. The third-order valence-corrected chi connectivity index (χ3v) is 2.70. The van der Waals surface area contributed by atoms with Crippen molar-refractivity contribution >= 4 is 23.6 Å². The highest BCUT2D eigenvalue weighted by atomic mass is 19.4. The zero-order chi connectivity index (χ0) is 18.5. The van der Waals surface area contributed by atoms with E-state index in [0.29, 0.717) is 12.1 Å². The SMILES string of the molecule is COC(=O)/C=C(/Nc1ccc(C(=O)O)c(C(F)(F)F)c1)C(=O)OC. The van der Waals surface area contributed by atoms with E-state index in [4.69, 9.17) is 5.11 Å². The highest BCUT2D eigenvalue weighted by Gasteiger charge is 2.35. The molecule has 0 aliphatic rings. The number of hydrogen-bond donors (Lipinski definition) is 2. The second-order valence-corrected chi connectivity index (χ2v) is 4.26. The molecule has 7 nitrogen and oxygen atoms in total. The van der Waals surface area contributed by atoms with Crippen molar-refractivity contribution in [2.75, 3.05) is 19.5 Å². The molecule has 1 aromatic carbocycles. The molecule has 0 saturated carbocycles. The number of rotatable bonds is 5. The Kier molecular flexibility index (Phi) is 5.93. The number of esters is 2. The van der Waals surface area contributed by atoms with Crippen molar-refractivity contribution in [1.82, 2.24) is 0 Å². The summed E-state index contributed by atoms with van der Waals surface area (Å²) in [7, 11) is 2.04. The van der Waals surface area contributed by atoms with Crippen LogP contribution in [0.15, 0.2) is 30.0 Å². The minimum absolute atomic E-state index is 0.270. The lowest BCUT2D eigenvalue weighted by molar-refractivity contribution is -0.138. The summed E-state index contributed by atoms with van der Waals surface area (Å²) in [5.41, 5.74) is -3.12. The van der Waals surface area contributed by atoms with Crippen LogP contribution in [0.4, 0.5) is 18.9 Å². The van der Waals surface area contributed by atoms with Crippen LogP contribution in [0.5, 0.6) is 0 Å². The fourth-order valence-corrected chi connectivity index (χ4v) is 1.63. The highest BCUT2D eigenvalue weighted by molar-refractivity contribution is 5.99. The highest BCUT2D eigenvalue weighted by Crippen LogP contribution is 2.34. The standard InChI is InChI=1S/C14H12F3NO6/c1-23-11(19)6-10(13(22)24-2)18-7-3-4-8(12(20)21)9(5-7)14(15,16)17/h3-6,18H,1-2H3,(H,20,21)/b10-6+. The summed E-state index contributed by atoms with van der Waals surface area (Å²) >= 11 is 0. The molecule has 0 amide bonds. The summed E-state index contributed by atoms with van der Waals surface area (Å²) in [5.74, 6) is -3.73. The van der Waals surface area contributed by atoms with Gasteiger partial charge in [-0.15, -0.1) is 0 Å². The quantitative estimate of drug-likeness (QED) is 0.621. The number of carbonyl (C=O) groups is 3. The molecule has 0 aliphatic heterocycles. The van der Waals surface area contributed by atoms with Gasteiger partial charge in [0.15, 0.2) is 0 Å². The lowest BCUT2D eigenvalue weighted by Gasteiger charge is -2.14. The molecule has 1 aromatic rings. The first-order valence-corrected chi connectivity index (χ1v) is 6.19. The third-order valence-electron chi connectivity index (χ3n) is 2.70. The van der Waals surface area contributed by atoms with Gasteiger partial charge in [0.1, 0.15) is 5.70 Å².